The van der Waals surface area contributed by atoms with Crippen LogP contribution in [-0.2, 0) is 0 Å². The quantitative estimate of drug-likeness (QED) is 0.210. The van der Waals surface area contributed by atoms with E-state index < -0.39 is 11.6 Å². The molecule has 0 unspecified atom stereocenters. The van der Waals surface area contributed by atoms with E-state index in [9.17, 15) is 18.4 Å². The van der Waals surface area contributed by atoms with Crippen molar-refractivity contribution in [2.75, 3.05) is 0 Å². The Bertz CT molecular complexity index is 2400. The summed E-state index contributed by atoms with van der Waals surface area (Å²) in [6, 6.07) is 31.1. The van der Waals surface area contributed by atoms with Gasteiger partial charge in [0.05, 0.1) is 39.4 Å². The highest BCUT2D eigenvalue weighted by Crippen LogP contribution is 2.40. The zero-order valence-corrected chi connectivity index (χ0v) is 23.3. The predicted molar refractivity (Wildman–Crippen MR) is 168 cm³/mol. The van der Waals surface area contributed by atoms with Crippen LogP contribution in [0.5, 0.6) is 0 Å². The average molecular weight is 579 g/mol. The molecular formula is C37H21F3N4. The van der Waals surface area contributed by atoms with Gasteiger partial charge in [-0.25, -0.2) is 18.2 Å². The molecule has 7 heteroatoms. The number of fused-ring (bicyclic) bond motifs is 6. The number of pyridine rings is 1. The van der Waals surface area contributed by atoms with Crippen LogP contribution in [-0.4, -0.2) is 14.1 Å². The second-order valence-corrected chi connectivity index (χ2v) is 10.9. The summed E-state index contributed by atoms with van der Waals surface area (Å²) in [6.45, 7) is 2.00. The molecule has 210 valence electrons. The van der Waals surface area contributed by atoms with Crippen LogP contribution in [0.2, 0.25) is 0 Å². The summed E-state index contributed by atoms with van der Waals surface area (Å²) in [7, 11) is 0. The fourth-order valence-corrected chi connectivity index (χ4v) is 6.37. The minimum absolute atomic E-state index is 0.331. The van der Waals surface area contributed by atoms with Crippen molar-refractivity contribution in [2.45, 2.75) is 6.92 Å². The molecule has 0 aliphatic carbocycles. The lowest BCUT2D eigenvalue weighted by Gasteiger charge is -2.18. The number of nitriles is 1. The highest BCUT2D eigenvalue weighted by molar-refractivity contribution is 6.11. The Balaban J connectivity index is 1.49. The van der Waals surface area contributed by atoms with Crippen LogP contribution in [0.25, 0.3) is 66.2 Å². The first kappa shape index (κ1) is 25.8. The third-order valence-corrected chi connectivity index (χ3v) is 8.23. The van der Waals surface area contributed by atoms with E-state index >= 15 is 0 Å². The van der Waals surface area contributed by atoms with Crippen LogP contribution in [0.1, 0.15) is 11.1 Å². The Hall–Kier alpha value is -5.87. The Morgan fingerprint density at radius 3 is 1.73 bits per heavy atom. The van der Waals surface area contributed by atoms with Gasteiger partial charge in [0, 0.05) is 38.9 Å². The van der Waals surface area contributed by atoms with Gasteiger partial charge < -0.3 is 4.57 Å². The second-order valence-electron chi connectivity index (χ2n) is 10.9. The van der Waals surface area contributed by atoms with E-state index in [0.717, 1.165) is 32.9 Å². The van der Waals surface area contributed by atoms with E-state index in [1.807, 2.05) is 52.5 Å². The first-order valence-electron chi connectivity index (χ1n) is 14.0. The molecular weight excluding hydrogens is 557 g/mol. The van der Waals surface area contributed by atoms with Gasteiger partial charge in [0.2, 0.25) is 0 Å². The van der Waals surface area contributed by atoms with E-state index in [2.05, 4.69) is 6.07 Å². The van der Waals surface area contributed by atoms with Crippen LogP contribution < -0.4 is 0 Å². The molecule has 0 aliphatic heterocycles. The maximum Gasteiger partial charge on any atom is 0.145 e. The molecule has 0 atom stereocenters. The summed E-state index contributed by atoms with van der Waals surface area (Å²) in [5, 5.41) is 12.7. The average Bonchev–Trinajstić information content (AvgIpc) is 3.51. The number of rotatable bonds is 3. The smallest absolute Gasteiger partial charge is 0.145 e. The SMILES string of the molecule is Cc1ccc2c(c1)c1cc(F)ccc1n2-c1ncccc1-c1cc(C#N)ccc1-n1c2ccc(F)cc2c2cc(F)ccc21. The summed E-state index contributed by atoms with van der Waals surface area (Å²) in [4.78, 5) is 4.85. The fraction of sp³-hybridized carbons (Fsp3) is 0.0270. The molecule has 44 heavy (non-hydrogen) atoms. The van der Waals surface area contributed by atoms with E-state index in [4.69, 9.17) is 4.98 Å². The third-order valence-electron chi connectivity index (χ3n) is 8.23. The molecule has 3 heterocycles. The highest BCUT2D eigenvalue weighted by atomic mass is 19.1. The molecule has 0 aliphatic rings. The van der Waals surface area contributed by atoms with E-state index in [1.54, 1.807) is 36.5 Å². The third kappa shape index (κ3) is 3.81. The lowest BCUT2D eigenvalue weighted by Crippen LogP contribution is -2.03. The van der Waals surface area contributed by atoms with Crippen molar-refractivity contribution < 1.29 is 13.2 Å². The predicted octanol–water partition coefficient (Wildman–Crippen LogP) is 9.54. The molecule has 0 bridgehead atoms. The Morgan fingerprint density at radius 1 is 0.591 bits per heavy atom. The number of nitrogens with zero attached hydrogens (tertiary/aromatic N) is 4. The number of aromatic nitrogens is 3. The molecule has 8 rings (SSSR count). The molecule has 0 saturated carbocycles. The van der Waals surface area contributed by atoms with Crippen LogP contribution >= 0.6 is 0 Å². The first-order valence-corrected chi connectivity index (χ1v) is 14.0. The van der Waals surface area contributed by atoms with Crippen LogP contribution in [0.3, 0.4) is 0 Å². The van der Waals surface area contributed by atoms with E-state index in [-0.39, 0.29) is 5.82 Å². The van der Waals surface area contributed by atoms with Crippen molar-refractivity contribution in [1.29, 1.82) is 5.26 Å². The van der Waals surface area contributed by atoms with E-state index in [0.29, 0.717) is 44.4 Å². The maximum atomic E-state index is 14.5. The molecule has 0 spiro atoms. The number of aryl methyl sites for hydroxylation is 1. The molecule has 0 radical (unpaired) electrons. The molecule has 0 saturated heterocycles. The first-order chi connectivity index (χ1) is 21.4. The minimum atomic E-state index is -0.423. The summed E-state index contributed by atoms with van der Waals surface area (Å²) in [5.74, 6) is -0.582. The zero-order valence-electron chi connectivity index (χ0n) is 23.3. The second kappa shape index (κ2) is 9.58. The van der Waals surface area contributed by atoms with Crippen molar-refractivity contribution in [3.63, 3.8) is 0 Å². The number of benzene rings is 5. The van der Waals surface area contributed by atoms with Crippen LogP contribution in [0.4, 0.5) is 13.2 Å². The topological polar surface area (TPSA) is 46.5 Å². The lowest BCUT2D eigenvalue weighted by molar-refractivity contribution is 0.628. The van der Waals surface area contributed by atoms with Crippen molar-refractivity contribution in [3.8, 4) is 28.7 Å². The van der Waals surface area contributed by atoms with Gasteiger partial charge in [0.15, 0.2) is 0 Å². The summed E-state index contributed by atoms with van der Waals surface area (Å²) in [5.41, 5.74) is 6.63. The van der Waals surface area contributed by atoms with Gasteiger partial charge in [0.1, 0.15) is 23.3 Å². The summed E-state index contributed by atoms with van der Waals surface area (Å²) < 4.78 is 47.4. The molecule has 0 fully saturated rings. The molecule has 3 aromatic heterocycles. The van der Waals surface area contributed by atoms with E-state index in [1.165, 1.54) is 36.4 Å². The Morgan fingerprint density at radius 2 is 1.14 bits per heavy atom. The summed E-state index contributed by atoms with van der Waals surface area (Å²) >= 11 is 0. The minimum Gasteiger partial charge on any atom is -0.309 e. The highest BCUT2D eigenvalue weighted by Gasteiger charge is 2.22. The van der Waals surface area contributed by atoms with Gasteiger partial charge in [-0.05, 0) is 104 Å². The van der Waals surface area contributed by atoms with Gasteiger partial charge in [-0.2, -0.15) is 5.26 Å². The lowest BCUT2D eigenvalue weighted by atomic mass is 10.0. The van der Waals surface area contributed by atoms with Gasteiger partial charge in [-0.3, -0.25) is 4.57 Å². The normalized spacial score (nSPS) is 11.6. The van der Waals surface area contributed by atoms with Crippen molar-refractivity contribution in [1.82, 2.24) is 14.1 Å². The van der Waals surface area contributed by atoms with Crippen LogP contribution in [0.15, 0.2) is 109 Å². The Kier molecular flexibility index (Phi) is 5.62. The van der Waals surface area contributed by atoms with Crippen molar-refractivity contribution >= 4 is 43.6 Å². The maximum absolute atomic E-state index is 14.5. The summed E-state index contributed by atoms with van der Waals surface area (Å²) in [6.07, 6.45) is 1.70. The largest absolute Gasteiger partial charge is 0.309 e. The molecule has 0 amide bonds. The molecule has 5 aromatic carbocycles. The van der Waals surface area contributed by atoms with Gasteiger partial charge in [-0.15, -0.1) is 0 Å². The van der Waals surface area contributed by atoms with Gasteiger partial charge in [0.25, 0.3) is 0 Å². The van der Waals surface area contributed by atoms with Crippen LogP contribution in [0, 0.1) is 35.7 Å². The fourth-order valence-electron chi connectivity index (χ4n) is 6.37. The number of hydrogen-bond acceptors (Lipinski definition) is 2. The molecule has 0 N–H and O–H groups in total. The molecule has 4 nitrogen and oxygen atoms in total. The monoisotopic (exact) mass is 578 g/mol. The molecule has 8 aromatic rings. The number of halogens is 3. The zero-order chi connectivity index (χ0) is 30.1. The Labute approximate surface area is 249 Å². The standard InChI is InChI=1S/C37H21F3N4/c1-21-4-9-35-27(15-21)29-17-25(40)8-13-36(29)44(35)37-26(3-2-14-42-37)28-16-22(20-41)5-10-32(28)43-33-11-6-23(38)18-30(33)31-19-24(39)7-12-34(31)43/h2-19H,1H3. The van der Waals surface area contributed by atoms with Crippen molar-refractivity contribution in [2.24, 2.45) is 0 Å². The number of hydrogen-bond donors (Lipinski definition) is 0. The van der Waals surface area contributed by atoms with Gasteiger partial charge >= 0.3 is 0 Å². The van der Waals surface area contributed by atoms with Gasteiger partial charge in [-0.1, -0.05) is 11.6 Å². The van der Waals surface area contributed by atoms with Crippen molar-refractivity contribution in [3.05, 3.63) is 138 Å².